The molecular weight excluding hydrogens is 304 g/mol. The average Bonchev–Trinajstić information content (AvgIpc) is 2.57. The summed E-state index contributed by atoms with van der Waals surface area (Å²) in [6, 6.07) is 11.0. The summed E-state index contributed by atoms with van der Waals surface area (Å²) in [6.07, 6.45) is 0. The summed E-state index contributed by atoms with van der Waals surface area (Å²) in [4.78, 5) is 12.4. The summed E-state index contributed by atoms with van der Waals surface area (Å²) < 4.78 is 10.5. The Morgan fingerprint density at radius 2 is 1.71 bits per heavy atom. The number of benzene rings is 2. The second kappa shape index (κ2) is 7.73. The highest BCUT2D eigenvalue weighted by molar-refractivity contribution is 5.96. The van der Waals surface area contributed by atoms with Crippen molar-refractivity contribution in [1.29, 1.82) is 0 Å². The maximum atomic E-state index is 12.4. The van der Waals surface area contributed by atoms with Crippen LogP contribution in [0.5, 0.6) is 11.5 Å². The van der Waals surface area contributed by atoms with Crippen molar-refractivity contribution in [1.82, 2.24) is 0 Å². The number of amides is 1. The van der Waals surface area contributed by atoms with E-state index in [1.807, 2.05) is 45.0 Å². The van der Waals surface area contributed by atoms with E-state index in [0.29, 0.717) is 11.5 Å². The van der Waals surface area contributed by atoms with Crippen molar-refractivity contribution in [3.05, 3.63) is 47.5 Å². The molecule has 2 rings (SSSR count). The smallest absolute Gasteiger partial charge is 0.246 e. The molecule has 2 aromatic carbocycles. The summed E-state index contributed by atoms with van der Waals surface area (Å²) >= 11 is 0. The lowest BCUT2D eigenvalue weighted by molar-refractivity contribution is -0.116. The minimum Gasteiger partial charge on any atom is -0.493 e. The van der Waals surface area contributed by atoms with Crippen molar-refractivity contribution in [3.8, 4) is 11.5 Å². The van der Waals surface area contributed by atoms with Gasteiger partial charge in [-0.3, -0.25) is 4.79 Å². The largest absolute Gasteiger partial charge is 0.493 e. The second-order valence-corrected chi connectivity index (χ2v) is 5.74. The summed E-state index contributed by atoms with van der Waals surface area (Å²) in [6.45, 7) is 5.82. The van der Waals surface area contributed by atoms with Gasteiger partial charge in [-0.1, -0.05) is 17.7 Å². The molecule has 2 N–H and O–H groups in total. The predicted octanol–water partition coefficient (Wildman–Crippen LogP) is 3.76. The maximum absolute atomic E-state index is 12.4. The predicted molar refractivity (Wildman–Crippen MR) is 97.2 cm³/mol. The van der Waals surface area contributed by atoms with Gasteiger partial charge in [-0.15, -0.1) is 0 Å². The zero-order valence-corrected chi connectivity index (χ0v) is 14.8. The number of nitrogens with one attached hydrogen (secondary N) is 2. The van der Waals surface area contributed by atoms with Gasteiger partial charge in [0.05, 0.1) is 14.2 Å². The van der Waals surface area contributed by atoms with Gasteiger partial charge in [0, 0.05) is 17.4 Å². The van der Waals surface area contributed by atoms with Crippen LogP contribution in [0.2, 0.25) is 0 Å². The molecule has 0 heterocycles. The molecule has 1 amide bonds. The molecule has 0 radical (unpaired) electrons. The Labute approximate surface area is 143 Å². The molecule has 0 aliphatic carbocycles. The van der Waals surface area contributed by atoms with Gasteiger partial charge in [0.2, 0.25) is 5.91 Å². The number of carbonyl (C=O) groups is 1. The van der Waals surface area contributed by atoms with Crippen LogP contribution in [0.1, 0.15) is 18.1 Å². The van der Waals surface area contributed by atoms with E-state index in [2.05, 4.69) is 10.6 Å². The van der Waals surface area contributed by atoms with Crippen LogP contribution in [0.3, 0.4) is 0 Å². The fourth-order valence-corrected chi connectivity index (χ4v) is 2.44. The quantitative estimate of drug-likeness (QED) is 0.847. The molecule has 0 saturated heterocycles. The van der Waals surface area contributed by atoms with Crippen LogP contribution >= 0.6 is 0 Å². The van der Waals surface area contributed by atoms with E-state index in [4.69, 9.17) is 9.47 Å². The van der Waals surface area contributed by atoms with Gasteiger partial charge in [0.15, 0.2) is 11.5 Å². The molecule has 2 aromatic rings. The zero-order chi connectivity index (χ0) is 17.7. The first kappa shape index (κ1) is 17.7. The van der Waals surface area contributed by atoms with Crippen LogP contribution in [-0.4, -0.2) is 26.2 Å². The molecule has 128 valence electrons. The fraction of sp³-hybridized carbons (Fsp3) is 0.316. The third-order valence-corrected chi connectivity index (χ3v) is 3.80. The van der Waals surface area contributed by atoms with Gasteiger partial charge < -0.3 is 20.1 Å². The number of hydrogen-bond donors (Lipinski definition) is 2. The van der Waals surface area contributed by atoms with Crippen LogP contribution < -0.4 is 20.1 Å². The SMILES string of the molecule is COc1ccc(NC(C)C(=O)Nc2ccc(C)cc2C)cc1OC. The highest BCUT2D eigenvalue weighted by atomic mass is 16.5. The Bertz CT molecular complexity index is 729. The van der Waals surface area contributed by atoms with E-state index in [1.165, 1.54) is 5.56 Å². The molecular formula is C19H24N2O3. The van der Waals surface area contributed by atoms with Crippen molar-refractivity contribution in [2.24, 2.45) is 0 Å². The molecule has 0 spiro atoms. The number of aryl methyl sites for hydroxylation is 2. The molecule has 0 fully saturated rings. The highest BCUT2D eigenvalue weighted by Gasteiger charge is 2.15. The van der Waals surface area contributed by atoms with Crippen molar-refractivity contribution < 1.29 is 14.3 Å². The first-order valence-electron chi connectivity index (χ1n) is 7.81. The minimum atomic E-state index is -0.399. The number of methoxy groups -OCH3 is 2. The van der Waals surface area contributed by atoms with Crippen molar-refractivity contribution in [3.63, 3.8) is 0 Å². The molecule has 1 atom stereocenters. The zero-order valence-electron chi connectivity index (χ0n) is 14.8. The molecule has 0 saturated carbocycles. The summed E-state index contributed by atoms with van der Waals surface area (Å²) in [5, 5.41) is 6.12. The van der Waals surface area contributed by atoms with E-state index < -0.39 is 6.04 Å². The summed E-state index contributed by atoms with van der Waals surface area (Å²) in [5.74, 6) is 1.16. The normalized spacial score (nSPS) is 11.5. The maximum Gasteiger partial charge on any atom is 0.246 e. The fourth-order valence-electron chi connectivity index (χ4n) is 2.44. The molecule has 0 aliphatic rings. The van der Waals surface area contributed by atoms with Gasteiger partial charge >= 0.3 is 0 Å². The monoisotopic (exact) mass is 328 g/mol. The molecule has 0 aliphatic heterocycles. The third kappa shape index (κ3) is 4.19. The van der Waals surface area contributed by atoms with Gasteiger partial charge in [-0.2, -0.15) is 0 Å². The van der Waals surface area contributed by atoms with E-state index in [1.54, 1.807) is 26.4 Å². The number of carbonyl (C=O) groups excluding carboxylic acids is 1. The lowest BCUT2D eigenvalue weighted by atomic mass is 10.1. The van der Waals surface area contributed by atoms with Crippen LogP contribution in [-0.2, 0) is 4.79 Å². The number of hydrogen-bond acceptors (Lipinski definition) is 4. The topological polar surface area (TPSA) is 59.6 Å². The Morgan fingerprint density at radius 3 is 2.33 bits per heavy atom. The van der Waals surface area contributed by atoms with Gasteiger partial charge in [0.1, 0.15) is 6.04 Å². The standard InChI is InChI=1S/C19H24N2O3/c1-12-6-8-16(13(2)10-12)21-19(22)14(3)20-15-7-9-17(23-4)18(11-15)24-5/h6-11,14,20H,1-5H3,(H,21,22). The summed E-state index contributed by atoms with van der Waals surface area (Å²) in [7, 11) is 3.17. The van der Waals surface area contributed by atoms with Crippen LogP contribution in [0.4, 0.5) is 11.4 Å². The first-order valence-corrected chi connectivity index (χ1v) is 7.81. The van der Waals surface area contributed by atoms with Gasteiger partial charge in [-0.05, 0) is 44.5 Å². The number of anilines is 2. The third-order valence-electron chi connectivity index (χ3n) is 3.80. The van der Waals surface area contributed by atoms with Gasteiger partial charge in [0.25, 0.3) is 0 Å². The number of ether oxygens (including phenoxy) is 2. The highest BCUT2D eigenvalue weighted by Crippen LogP contribution is 2.30. The molecule has 24 heavy (non-hydrogen) atoms. The van der Waals surface area contributed by atoms with Crippen LogP contribution in [0, 0.1) is 13.8 Å². The van der Waals surface area contributed by atoms with Gasteiger partial charge in [-0.25, -0.2) is 0 Å². The average molecular weight is 328 g/mol. The van der Waals surface area contributed by atoms with Crippen molar-refractivity contribution in [2.45, 2.75) is 26.8 Å². The Kier molecular flexibility index (Phi) is 5.68. The lowest BCUT2D eigenvalue weighted by Gasteiger charge is -2.17. The molecule has 0 aromatic heterocycles. The van der Waals surface area contributed by atoms with Crippen LogP contribution in [0.25, 0.3) is 0 Å². The Hall–Kier alpha value is -2.69. The second-order valence-electron chi connectivity index (χ2n) is 5.74. The summed E-state index contributed by atoms with van der Waals surface area (Å²) in [5.41, 5.74) is 3.83. The molecule has 5 nitrogen and oxygen atoms in total. The minimum absolute atomic E-state index is 0.100. The first-order chi connectivity index (χ1) is 11.4. The van der Waals surface area contributed by atoms with E-state index >= 15 is 0 Å². The van der Waals surface area contributed by atoms with E-state index in [0.717, 1.165) is 16.9 Å². The van der Waals surface area contributed by atoms with Crippen molar-refractivity contribution >= 4 is 17.3 Å². The van der Waals surface area contributed by atoms with E-state index in [9.17, 15) is 4.79 Å². The molecule has 5 heteroatoms. The molecule has 1 unspecified atom stereocenters. The Morgan fingerprint density at radius 1 is 1.00 bits per heavy atom. The number of rotatable bonds is 6. The Balaban J connectivity index is 2.06. The lowest BCUT2D eigenvalue weighted by Crippen LogP contribution is -2.32. The molecule has 0 bridgehead atoms. The van der Waals surface area contributed by atoms with Crippen LogP contribution in [0.15, 0.2) is 36.4 Å². The van der Waals surface area contributed by atoms with E-state index in [-0.39, 0.29) is 5.91 Å². The van der Waals surface area contributed by atoms with Crippen molar-refractivity contribution in [2.75, 3.05) is 24.9 Å².